The highest BCUT2D eigenvalue weighted by atomic mass is 35.5. The molecule has 0 radical (unpaired) electrons. The van der Waals surface area contributed by atoms with Gasteiger partial charge in [-0.15, -0.1) is 23.2 Å². The standard InChI is InChI=1S/C17H22Cl2N2O/c1-20(2)15-8-11(18)9-16(15)21(12-6-4-3-5-7-12)17(22)13-10-14(13)19/h3-7,11,13-16H,8-10H2,1-2H3. The molecule has 5 heteroatoms. The third-order valence-corrected chi connectivity index (χ3v) is 5.57. The first kappa shape index (κ1) is 16.1. The Morgan fingerprint density at radius 1 is 1.05 bits per heavy atom. The summed E-state index contributed by atoms with van der Waals surface area (Å²) in [5.41, 5.74) is 0.950. The molecular formula is C17H22Cl2N2O. The van der Waals surface area contributed by atoms with Crippen LogP contribution in [0.25, 0.3) is 0 Å². The molecule has 120 valence electrons. The lowest BCUT2D eigenvalue weighted by Crippen LogP contribution is -2.50. The summed E-state index contributed by atoms with van der Waals surface area (Å²) in [5, 5.41) is 0.104. The lowest BCUT2D eigenvalue weighted by Gasteiger charge is -2.36. The second kappa shape index (κ2) is 6.38. The van der Waals surface area contributed by atoms with Crippen LogP contribution in [0.4, 0.5) is 5.69 Å². The fourth-order valence-electron chi connectivity index (χ4n) is 3.44. The quantitative estimate of drug-likeness (QED) is 0.784. The highest BCUT2D eigenvalue weighted by Crippen LogP contribution is 2.41. The molecule has 2 fully saturated rings. The summed E-state index contributed by atoms with van der Waals surface area (Å²) in [7, 11) is 4.11. The van der Waals surface area contributed by atoms with Crippen molar-refractivity contribution in [3.63, 3.8) is 0 Å². The summed E-state index contributed by atoms with van der Waals surface area (Å²) in [6, 6.07) is 10.3. The number of amides is 1. The third kappa shape index (κ3) is 3.12. The number of nitrogens with zero attached hydrogens (tertiary/aromatic N) is 2. The van der Waals surface area contributed by atoms with E-state index in [9.17, 15) is 4.79 Å². The summed E-state index contributed by atoms with van der Waals surface area (Å²) in [6.07, 6.45) is 2.52. The van der Waals surface area contributed by atoms with E-state index in [1.165, 1.54) is 0 Å². The number of rotatable bonds is 4. The smallest absolute Gasteiger partial charge is 0.231 e. The third-order valence-electron chi connectivity index (χ3n) is 4.74. The number of carbonyl (C=O) groups is 1. The van der Waals surface area contributed by atoms with E-state index in [-0.39, 0.29) is 34.7 Å². The number of carbonyl (C=O) groups excluding carboxylic acids is 1. The lowest BCUT2D eigenvalue weighted by atomic mass is 10.1. The summed E-state index contributed by atoms with van der Waals surface area (Å²) in [5.74, 6) is 0.105. The monoisotopic (exact) mass is 340 g/mol. The van der Waals surface area contributed by atoms with Gasteiger partial charge in [0.1, 0.15) is 0 Å². The zero-order valence-corrected chi connectivity index (χ0v) is 14.5. The zero-order chi connectivity index (χ0) is 15.9. The van der Waals surface area contributed by atoms with E-state index in [1.54, 1.807) is 0 Å². The summed E-state index contributed by atoms with van der Waals surface area (Å²) in [6.45, 7) is 0. The van der Waals surface area contributed by atoms with Gasteiger partial charge in [0, 0.05) is 22.5 Å². The van der Waals surface area contributed by atoms with Crippen molar-refractivity contribution in [3.05, 3.63) is 30.3 Å². The van der Waals surface area contributed by atoms with Gasteiger partial charge in [0.2, 0.25) is 5.91 Å². The minimum atomic E-state index is -0.0425. The van der Waals surface area contributed by atoms with E-state index in [2.05, 4.69) is 19.0 Å². The second-order valence-corrected chi connectivity index (χ2v) is 7.75. The van der Waals surface area contributed by atoms with Crippen molar-refractivity contribution in [1.29, 1.82) is 0 Å². The topological polar surface area (TPSA) is 23.6 Å². The van der Waals surface area contributed by atoms with Crippen molar-refractivity contribution in [2.24, 2.45) is 5.92 Å². The predicted octanol–water partition coefficient (Wildman–Crippen LogP) is 3.35. The fourth-order valence-corrected chi connectivity index (χ4v) is 4.10. The molecule has 0 bridgehead atoms. The molecule has 2 aliphatic rings. The molecule has 5 unspecified atom stereocenters. The van der Waals surface area contributed by atoms with Crippen LogP contribution in [0.15, 0.2) is 30.3 Å². The molecule has 1 aromatic carbocycles. The van der Waals surface area contributed by atoms with Crippen molar-refractivity contribution in [2.45, 2.75) is 42.1 Å². The summed E-state index contributed by atoms with van der Waals surface area (Å²) < 4.78 is 0. The van der Waals surface area contributed by atoms with Gasteiger partial charge in [-0.3, -0.25) is 4.79 Å². The molecule has 2 saturated carbocycles. The Hall–Kier alpha value is -0.770. The normalized spacial score (nSPS) is 34.0. The van der Waals surface area contributed by atoms with Crippen LogP contribution in [0.2, 0.25) is 0 Å². The molecular weight excluding hydrogens is 319 g/mol. The molecule has 3 rings (SSSR count). The van der Waals surface area contributed by atoms with Crippen LogP contribution in [-0.4, -0.2) is 47.7 Å². The molecule has 1 amide bonds. The highest BCUT2D eigenvalue weighted by molar-refractivity contribution is 6.25. The first-order chi connectivity index (χ1) is 10.5. The molecule has 0 aromatic heterocycles. The van der Waals surface area contributed by atoms with Gasteiger partial charge in [-0.05, 0) is 45.5 Å². The average Bonchev–Trinajstić information content (AvgIpc) is 3.09. The first-order valence-corrected chi connectivity index (χ1v) is 8.69. The zero-order valence-electron chi connectivity index (χ0n) is 13.0. The van der Waals surface area contributed by atoms with Crippen molar-refractivity contribution in [2.75, 3.05) is 19.0 Å². The first-order valence-electron chi connectivity index (χ1n) is 7.81. The Balaban J connectivity index is 1.92. The van der Waals surface area contributed by atoms with Gasteiger partial charge in [0.05, 0.1) is 12.0 Å². The fraction of sp³-hybridized carbons (Fsp3) is 0.588. The molecule has 1 aromatic rings. The van der Waals surface area contributed by atoms with Crippen molar-refractivity contribution >= 4 is 34.8 Å². The Morgan fingerprint density at radius 2 is 1.64 bits per heavy atom. The number of hydrogen-bond donors (Lipinski definition) is 0. The average molecular weight is 341 g/mol. The van der Waals surface area contributed by atoms with Gasteiger partial charge in [0.25, 0.3) is 0 Å². The van der Waals surface area contributed by atoms with E-state index in [4.69, 9.17) is 23.2 Å². The van der Waals surface area contributed by atoms with Crippen LogP contribution in [0, 0.1) is 5.92 Å². The van der Waals surface area contributed by atoms with Crippen LogP contribution in [0.3, 0.4) is 0 Å². The van der Waals surface area contributed by atoms with E-state index in [0.29, 0.717) is 0 Å². The minimum Gasteiger partial charge on any atom is -0.307 e. The largest absolute Gasteiger partial charge is 0.307 e. The van der Waals surface area contributed by atoms with Crippen LogP contribution < -0.4 is 4.90 Å². The number of alkyl halides is 2. The Morgan fingerprint density at radius 3 is 2.18 bits per heavy atom. The molecule has 0 heterocycles. The molecule has 0 N–H and O–H groups in total. The Bertz CT molecular complexity index is 537. The van der Waals surface area contributed by atoms with Gasteiger partial charge in [-0.2, -0.15) is 0 Å². The van der Waals surface area contributed by atoms with E-state index >= 15 is 0 Å². The molecule has 0 aliphatic heterocycles. The maximum Gasteiger partial charge on any atom is 0.231 e. The molecule has 5 atom stereocenters. The molecule has 2 aliphatic carbocycles. The van der Waals surface area contributed by atoms with Crippen molar-refractivity contribution in [3.8, 4) is 0 Å². The number of likely N-dealkylation sites (N-methyl/N-ethyl adjacent to an activating group) is 1. The van der Waals surface area contributed by atoms with Gasteiger partial charge in [-0.1, -0.05) is 18.2 Å². The minimum absolute atomic E-state index is 0.00952. The maximum atomic E-state index is 13.0. The molecule has 0 saturated heterocycles. The van der Waals surface area contributed by atoms with Gasteiger partial charge < -0.3 is 9.80 Å². The maximum absolute atomic E-state index is 13.0. The Labute approximate surface area is 142 Å². The van der Waals surface area contributed by atoms with Crippen molar-refractivity contribution < 1.29 is 4.79 Å². The van der Waals surface area contributed by atoms with Gasteiger partial charge >= 0.3 is 0 Å². The summed E-state index contributed by atoms with van der Waals surface area (Å²) in [4.78, 5) is 17.1. The second-order valence-electron chi connectivity index (χ2n) is 6.57. The number of benzene rings is 1. The summed E-state index contributed by atoms with van der Waals surface area (Å²) >= 11 is 12.5. The number of anilines is 1. The van der Waals surface area contributed by atoms with E-state index in [0.717, 1.165) is 24.9 Å². The van der Waals surface area contributed by atoms with E-state index < -0.39 is 0 Å². The SMILES string of the molecule is CN(C)C1CC(Cl)CC1N(C(=O)C1CC1Cl)c1ccccc1. The number of para-hydroxylation sites is 1. The van der Waals surface area contributed by atoms with Crippen LogP contribution >= 0.6 is 23.2 Å². The van der Waals surface area contributed by atoms with E-state index in [1.807, 2.05) is 35.2 Å². The molecule has 22 heavy (non-hydrogen) atoms. The predicted molar refractivity (Wildman–Crippen MR) is 91.8 cm³/mol. The van der Waals surface area contributed by atoms with Crippen molar-refractivity contribution in [1.82, 2.24) is 4.90 Å². The van der Waals surface area contributed by atoms with Crippen LogP contribution in [0.1, 0.15) is 19.3 Å². The van der Waals surface area contributed by atoms with Crippen LogP contribution in [0.5, 0.6) is 0 Å². The number of hydrogen-bond acceptors (Lipinski definition) is 2. The van der Waals surface area contributed by atoms with Gasteiger partial charge in [-0.25, -0.2) is 0 Å². The van der Waals surface area contributed by atoms with Gasteiger partial charge in [0.15, 0.2) is 0 Å². The highest BCUT2D eigenvalue weighted by Gasteiger charge is 2.48. The number of halogens is 2. The Kier molecular flexibility index (Phi) is 4.67. The lowest BCUT2D eigenvalue weighted by molar-refractivity contribution is -0.120. The molecule has 0 spiro atoms. The van der Waals surface area contributed by atoms with Crippen LogP contribution in [-0.2, 0) is 4.79 Å². The molecule has 3 nitrogen and oxygen atoms in total.